The molecule has 1 atom stereocenters. The van der Waals surface area contributed by atoms with Crippen molar-refractivity contribution in [1.29, 1.82) is 0 Å². The molecule has 6 nitrogen and oxygen atoms in total. The lowest BCUT2D eigenvalue weighted by atomic mass is 10.1. The summed E-state index contributed by atoms with van der Waals surface area (Å²) in [6.07, 6.45) is 4.85. The normalized spacial score (nSPS) is 18.8. The molecule has 4 rings (SSSR count). The van der Waals surface area contributed by atoms with Gasteiger partial charge >= 0.3 is 0 Å². The Kier molecular flexibility index (Phi) is 3.60. The van der Waals surface area contributed by atoms with Gasteiger partial charge in [-0.3, -0.25) is 10.1 Å². The summed E-state index contributed by atoms with van der Waals surface area (Å²) in [6, 6.07) is 7.41. The third-order valence-corrected chi connectivity index (χ3v) is 5.49. The lowest BCUT2D eigenvalue weighted by Gasteiger charge is -2.13. The molecule has 0 bridgehead atoms. The Hall–Kier alpha value is -1.89. The average Bonchev–Trinajstić information content (AvgIpc) is 3.46. The van der Waals surface area contributed by atoms with Gasteiger partial charge in [-0.25, -0.2) is 0 Å². The number of nitro groups is 1. The molecule has 7 heteroatoms. The topological polar surface area (TPSA) is 73.8 Å². The van der Waals surface area contributed by atoms with Gasteiger partial charge in [-0.15, -0.1) is 10.2 Å². The third-order valence-electron chi connectivity index (χ3n) is 4.38. The quantitative estimate of drug-likeness (QED) is 0.449. The maximum Gasteiger partial charge on any atom is 0.269 e. The fourth-order valence-corrected chi connectivity index (χ4v) is 3.82. The summed E-state index contributed by atoms with van der Waals surface area (Å²) in [5, 5.41) is 20.8. The van der Waals surface area contributed by atoms with Crippen molar-refractivity contribution >= 4 is 17.4 Å². The summed E-state index contributed by atoms with van der Waals surface area (Å²) in [6.45, 7) is 2.06. The molecule has 120 valence electrons. The van der Waals surface area contributed by atoms with Crippen LogP contribution in [0.1, 0.15) is 61.2 Å². The minimum Gasteiger partial charge on any atom is -0.303 e. The highest BCUT2D eigenvalue weighted by atomic mass is 32.2. The van der Waals surface area contributed by atoms with Gasteiger partial charge in [-0.1, -0.05) is 23.9 Å². The van der Waals surface area contributed by atoms with Crippen LogP contribution in [0.4, 0.5) is 5.69 Å². The molecule has 1 aromatic heterocycles. The predicted octanol–water partition coefficient (Wildman–Crippen LogP) is 4.25. The van der Waals surface area contributed by atoms with Crippen LogP contribution < -0.4 is 0 Å². The molecule has 1 heterocycles. The number of non-ortho nitro benzene ring substituents is 1. The molecule has 0 aliphatic heterocycles. The molecule has 0 N–H and O–H groups in total. The largest absolute Gasteiger partial charge is 0.303 e. The number of benzene rings is 1. The molecule has 0 spiro atoms. The Labute approximate surface area is 138 Å². The van der Waals surface area contributed by atoms with E-state index >= 15 is 0 Å². The van der Waals surface area contributed by atoms with Crippen LogP contribution in [0.5, 0.6) is 0 Å². The van der Waals surface area contributed by atoms with Crippen molar-refractivity contribution in [3.63, 3.8) is 0 Å². The van der Waals surface area contributed by atoms with Crippen LogP contribution in [-0.2, 0) is 0 Å². The minimum atomic E-state index is -0.348. The van der Waals surface area contributed by atoms with Crippen molar-refractivity contribution in [1.82, 2.24) is 14.8 Å². The van der Waals surface area contributed by atoms with Crippen LogP contribution in [0, 0.1) is 10.1 Å². The zero-order chi connectivity index (χ0) is 16.0. The van der Waals surface area contributed by atoms with Crippen LogP contribution >= 0.6 is 11.8 Å². The van der Waals surface area contributed by atoms with Gasteiger partial charge in [0.15, 0.2) is 5.16 Å². The zero-order valence-electron chi connectivity index (χ0n) is 12.9. The molecule has 2 aliphatic carbocycles. The van der Waals surface area contributed by atoms with Crippen molar-refractivity contribution in [3.05, 3.63) is 45.8 Å². The second-order valence-corrected chi connectivity index (χ2v) is 7.64. The Balaban J connectivity index is 1.58. The minimum absolute atomic E-state index is 0.101. The van der Waals surface area contributed by atoms with E-state index in [1.54, 1.807) is 23.9 Å². The molecule has 2 aliphatic rings. The molecule has 1 aromatic carbocycles. The van der Waals surface area contributed by atoms with Gasteiger partial charge in [0.05, 0.1) is 4.92 Å². The highest BCUT2D eigenvalue weighted by molar-refractivity contribution is 7.99. The molecule has 0 amide bonds. The maximum absolute atomic E-state index is 10.9. The van der Waals surface area contributed by atoms with E-state index in [4.69, 9.17) is 0 Å². The number of nitrogens with zero attached hydrogens (tertiary/aromatic N) is 4. The fraction of sp³-hybridized carbons (Fsp3) is 0.500. The van der Waals surface area contributed by atoms with Gasteiger partial charge in [0.2, 0.25) is 0 Å². The summed E-state index contributed by atoms with van der Waals surface area (Å²) in [4.78, 5) is 10.6. The molecule has 23 heavy (non-hydrogen) atoms. The summed E-state index contributed by atoms with van der Waals surface area (Å²) in [5.41, 5.74) is 1.08. The number of nitro benzene ring substituents is 1. The summed E-state index contributed by atoms with van der Waals surface area (Å²) in [7, 11) is 0. The van der Waals surface area contributed by atoms with Gasteiger partial charge in [-0.2, -0.15) is 0 Å². The van der Waals surface area contributed by atoms with Crippen LogP contribution in [0.25, 0.3) is 0 Å². The number of aromatic nitrogens is 3. The Morgan fingerprint density at radius 2 is 2.09 bits per heavy atom. The number of hydrogen-bond acceptors (Lipinski definition) is 5. The molecule has 2 fully saturated rings. The van der Waals surface area contributed by atoms with Gasteiger partial charge in [0, 0.05) is 29.3 Å². The van der Waals surface area contributed by atoms with E-state index in [0.717, 1.165) is 16.5 Å². The van der Waals surface area contributed by atoms with Crippen molar-refractivity contribution in [2.24, 2.45) is 0 Å². The van der Waals surface area contributed by atoms with E-state index in [1.165, 1.54) is 31.7 Å². The van der Waals surface area contributed by atoms with E-state index in [2.05, 4.69) is 21.7 Å². The first-order valence-electron chi connectivity index (χ1n) is 7.99. The third kappa shape index (κ3) is 2.97. The maximum atomic E-state index is 10.9. The highest BCUT2D eigenvalue weighted by Crippen LogP contribution is 2.47. The molecule has 0 radical (unpaired) electrons. The van der Waals surface area contributed by atoms with Crippen molar-refractivity contribution in [2.75, 3.05) is 0 Å². The molecule has 2 aromatic rings. The number of hydrogen-bond donors (Lipinski definition) is 0. The lowest BCUT2D eigenvalue weighted by molar-refractivity contribution is -0.384. The fourth-order valence-electron chi connectivity index (χ4n) is 2.78. The summed E-state index contributed by atoms with van der Waals surface area (Å²) < 4.78 is 2.32. The van der Waals surface area contributed by atoms with Crippen LogP contribution in [-0.4, -0.2) is 19.7 Å². The van der Waals surface area contributed by atoms with Gasteiger partial charge in [0.1, 0.15) is 5.82 Å². The zero-order valence-corrected chi connectivity index (χ0v) is 13.7. The van der Waals surface area contributed by atoms with Crippen LogP contribution in [0.3, 0.4) is 0 Å². The molecule has 1 unspecified atom stereocenters. The summed E-state index contributed by atoms with van der Waals surface area (Å²) in [5.74, 6) is 1.73. The highest BCUT2D eigenvalue weighted by Gasteiger charge is 2.36. The molecule has 2 saturated carbocycles. The first-order valence-corrected chi connectivity index (χ1v) is 8.87. The van der Waals surface area contributed by atoms with Crippen molar-refractivity contribution < 1.29 is 4.92 Å². The van der Waals surface area contributed by atoms with E-state index in [-0.39, 0.29) is 15.9 Å². The monoisotopic (exact) mass is 330 g/mol. The van der Waals surface area contributed by atoms with Gasteiger partial charge in [0.25, 0.3) is 5.69 Å². The standard InChI is InChI=1S/C16H18N4O2S/c1-10(12-3-2-4-14(9-12)20(21)22)23-16-18-17-15(11-5-6-11)19(16)13-7-8-13/h2-4,9-11,13H,5-8H2,1H3. The van der Waals surface area contributed by atoms with Crippen LogP contribution in [0.2, 0.25) is 0 Å². The Morgan fingerprint density at radius 3 is 2.74 bits per heavy atom. The Bertz CT molecular complexity index is 752. The summed E-state index contributed by atoms with van der Waals surface area (Å²) >= 11 is 1.64. The van der Waals surface area contributed by atoms with E-state index in [9.17, 15) is 10.1 Å². The number of thioether (sulfide) groups is 1. The smallest absolute Gasteiger partial charge is 0.269 e. The molecular formula is C16H18N4O2S. The van der Waals surface area contributed by atoms with Gasteiger partial charge in [-0.05, 0) is 38.2 Å². The lowest BCUT2D eigenvalue weighted by Crippen LogP contribution is -2.03. The second kappa shape index (κ2) is 5.63. The predicted molar refractivity (Wildman–Crippen MR) is 87.6 cm³/mol. The second-order valence-electron chi connectivity index (χ2n) is 6.33. The van der Waals surface area contributed by atoms with Crippen molar-refractivity contribution in [2.45, 2.75) is 55.0 Å². The van der Waals surface area contributed by atoms with E-state index in [0.29, 0.717) is 12.0 Å². The van der Waals surface area contributed by atoms with Gasteiger partial charge < -0.3 is 4.57 Å². The first kappa shape index (κ1) is 14.7. The average molecular weight is 330 g/mol. The Morgan fingerprint density at radius 1 is 1.30 bits per heavy atom. The van der Waals surface area contributed by atoms with Crippen molar-refractivity contribution in [3.8, 4) is 0 Å². The number of rotatable bonds is 6. The van der Waals surface area contributed by atoms with E-state index < -0.39 is 0 Å². The molecule has 0 saturated heterocycles. The van der Waals surface area contributed by atoms with E-state index in [1.807, 2.05) is 6.07 Å². The SMILES string of the molecule is CC(Sc1nnc(C2CC2)n1C1CC1)c1cccc([N+](=O)[O-])c1. The molecular weight excluding hydrogens is 312 g/mol. The van der Waals surface area contributed by atoms with Crippen LogP contribution in [0.15, 0.2) is 29.4 Å². The first-order chi connectivity index (χ1) is 11.1.